The number of benzene rings is 1. The molecular formula is C18H30BrN. The van der Waals surface area contributed by atoms with Gasteiger partial charge >= 0.3 is 0 Å². The van der Waals surface area contributed by atoms with Crippen molar-refractivity contribution in [2.75, 3.05) is 13.1 Å². The van der Waals surface area contributed by atoms with Crippen LogP contribution in [0, 0.1) is 5.92 Å². The van der Waals surface area contributed by atoms with E-state index in [9.17, 15) is 0 Å². The Morgan fingerprint density at radius 1 is 1.20 bits per heavy atom. The van der Waals surface area contributed by atoms with Crippen LogP contribution >= 0.6 is 15.9 Å². The molecule has 0 aliphatic carbocycles. The van der Waals surface area contributed by atoms with Gasteiger partial charge in [0.2, 0.25) is 0 Å². The van der Waals surface area contributed by atoms with Gasteiger partial charge in [0.1, 0.15) is 0 Å². The largest absolute Gasteiger partial charge is 0.316 e. The lowest BCUT2D eigenvalue weighted by atomic mass is 9.85. The zero-order valence-electron chi connectivity index (χ0n) is 13.3. The van der Waals surface area contributed by atoms with Crippen molar-refractivity contribution in [3.05, 3.63) is 34.3 Å². The second-order valence-electron chi connectivity index (χ2n) is 5.71. The first-order valence-electron chi connectivity index (χ1n) is 8.17. The molecule has 20 heavy (non-hydrogen) atoms. The number of nitrogens with one attached hydrogen (secondary N) is 1. The average molecular weight is 340 g/mol. The van der Waals surface area contributed by atoms with E-state index >= 15 is 0 Å². The van der Waals surface area contributed by atoms with E-state index in [0.29, 0.717) is 5.92 Å². The minimum Gasteiger partial charge on any atom is -0.316 e. The number of hydrogen-bond acceptors (Lipinski definition) is 1. The molecule has 114 valence electrons. The molecule has 0 fully saturated rings. The number of unbranched alkanes of at least 4 members (excludes halogenated alkanes) is 1. The summed E-state index contributed by atoms with van der Waals surface area (Å²) in [4.78, 5) is 0. The molecule has 0 saturated carbocycles. The fourth-order valence-corrected chi connectivity index (χ4v) is 3.22. The van der Waals surface area contributed by atoms with Crippen LogP contribution in [0.15, 0.2) is 28.7 Å². The molecule has 0 amide bonds. The lowest BCUT2D eigenvalue weighted by Crippen LogP contribution is -2.23. The molecule has 2 atom stereocenters. The molecule has 1 aromatic carbocycles. The van der Waals surface area contributed by atoms with Crippen LogP contribution in [0.25, 0.3) is 0 Å². The fraction of sp³-hybridized carbons (Fsp3) is 0.667. The standard InChI is InChI=1S/C18H30BrN/c1-4-7-9-15(5-2)12-17(14-20-6-3)16-10-8-11-18(19)13-16/h8,10-11,13,15,17,20H,4-7,9,12,14H2,1-3H3. The zero-order valence-corrected chi connectivity index (χ0v) is 14.9. The second kappa shape index (κ2) is 10.4. The number of hydrogen-bond donors (Lipinski definition) is 1. The van der Waals surface area contributed by atoms with Gasteiger partial charge in [0.15, 0.2) is 0 Å². The van der Waals surface area contributed by atoms with Crippen LogP contribution in [0.1, 0.15) is 64.4 Å². The Balaban J connectivity index is 2.72. The van der Waals surface area contributed by atoms with Crippen LogP contribution < -0.4 is 5.32 Å². The van der Waals surface area contributed by atoms with Gasteiger partial charge in [0, 0.05) is 11.0 Å². The number of likely N-dealkylation sites (N-methyl/N-ethyl adjacent to an activating group) is 1. The van der Waals surface area contributed by atoms with Crippen LogP contribution in [0.3, 0.4) is 0 Å². The maximum absolute atomic E-state index is 3.60. The highest BCUT2D eigenvalue weighted by molar-refractivity contribution is 9.10. The summed E-state index contributed by atoms with van der Waals surface area (Å²) >= 11 is 3.60. The van der Waals surface area contributed by atoms with Gasteiger partial charge in [-0.2, -0.15) is 0 Å². The van der Waals surface area contributed by atoms with E-state index in [0.717, 1.165) is 19.0 Å². The Kier molecular flexibility index (Phi) is 9.21. The van der Waals surface area contributed by atoms with Gasteiger partial charge in [0.05, 0.1) is 0 Å². The van der Waals surface area contributed by atoms with Crippen LogP contribution in [0.5, 0.6) is 0 Å². The van der Waals surface area contributed by atoms with Gasteiger partial charge in [-0.05, 0) is 42.5 Å². The van der Waals surface area contributed by atoms with Gasteiger partial charge in [-0.3, -0.25) is 0 Å². The summed E-state index contributed by atoms with van der Waals surface area (Å²) in [5, 5.41) is 3.54. The molecule has 2 unspecified atom stereocenters. The van der Waals surface area contributed by atoms with Gasteiger partial charge in [-0.1, -0.05) is 74.5 Å². The molecule has 0 aromatic heterocycles. The minimum atomic E-state index is 0.634. The molecule has 0 heterocycles. The second-order valence-corrected chi connectivity index (χ2v) is 6.63. The van der Waals surface area contributed by atoms with E-state index in [1.54, 1.807) is 0 Å². The molecule has 2 heteroatoms. The van der Waals surface area contributed by atoms with Crippen molar-refractivity contribution in [3.63, 3.8) is 0 Å². The lowest BCUT2D eigenvalue weighted by molar-refractivity contribution is 0.377. The summed E-state index contributed by atoms with van der Waals surface area (Å²) in [6.45, 7) is 8.96. The lowest BCUT2D eigenvalue weighted by Gasteiger charge is -2.24. The Bertz CT molecular complexity index is 364. The Morgan fingerprint density at radius 2 is 2.00 bits per heavy atom. The summed E-state index contributed by atoms with van der Waals surface area (Å²) in [7, 11) is 0. The first kappa shape index (κ1) is 17.7. The Morgan fingerprint density at radius 3 is 2.60 bits per heavy atom. The molecule has 0 radical (unpaired) electrons. The van der Waals surface area contributed by atoms with Gasteiger partial charge in [0.25, 0.3) is 0 Å². The summed E-state index contributed by atoms with van der Waals surface area (Å²) in [5.41, 5.74) is 1.47. The van der Waals surface area contributed by atoms with Gasteiger partial charge in [-0.25, -0.2) is 0 Å². The quantitative estimate of drug-likeness (QED) is 0.572. The molecule has 1 aromatic rings. The fourth-order valence-electron chi connectivity index (χ4n) is 2.80. The summed E-state index contributed by atoms with van der Waals surface area (Å²) in [6.07, 6.45) is 6.66. The van der Waals surface area contributed by atoms with E-state index in [2.05, 4.69) is 66.3 Å². The number of halogens is 1. The van der Waals surface area contributed by atoms with Crippen molar-refractivity contribution in [3.8, 4) is 0 Å². The van der Waals surface area contributed by atoms with Crippen LogP contribution in [-0.2, 0) is 0 Å². The van der Waals surface area contributed by atoms with Gasteiger partial charge < -0.3 is 5.32 Å². The molecule has 0 aliphatic heterocycles. The van der Waals surface area contributed by atoms with Crippen LogP contribution in [-0.4, -0.2) is 13.1 Å². The maximum atomic E-state index is 3.60. The molecule has 0 saturated heterocycles. The van der Waals surface area contributed by atoms with E-state index in [4.69, 9.17) is 0 Å². The first-order valence-corrected chi connectivity index (χ1v) is 8.96. The molecule has 1 nitrogen and oxygen atoms in total. The van der Waals surface area contributed by atoms with Crippen molar-refractivity contribution >= 4 is 15.9 Å². The average Bonchev–Trinajstić information content (AvgIpc) is 2.46. The molecule has 1 rings (SSSR count). The molecule has 1 N–H and O–H groups in total. The van der Waals surface area contributed by atoms with Crippen molar-refractivity contribution < 1.29 is 0 Å². The summed E-state index contributed by atoms with van der Waals surface area (Å²) in [5.74, 6) is 1.49. The summed E-state index contributed by atoms with van der Waals surface area (Å²) < 4.78 is 1.19. The van der Waals surface area contributed by atoms with Crippen molar-refractivity contribution in [2.24, 2.45) is 5.92 Å². The third-order valence-corrected chi connectivity index (χ3v) is 4.62. The normalized spacial score (nSPS) is 14.2. The molecule has 0 bridgehead atoms. The van der Waals surface area contributed by atoms with E-state index in [1.807, 2.05) is 0 Å². The minimum absolute atomic E-state index is 0.634. The van der Waals surface area contributed by atoms with Gasteiger partial charge in [-0.15, -0.1) is 0 Å². The maximum Gasteiger partial charge on any atom is 0.0178 e. The zero-order chi connectivity index (χ0) is 14.8. The van der Waals surface area contributed by atoms with Crippen molar-refractivity contribution in [1.29, 1.82) is 0 Å². The van der Waals surface area contributed by atoms with Crippen LogP contribution in [0.4, 0.5) is 0 Å². The Hall–Kier alpha value is -0.340. The van der Waals surface area contributed by atoms with E-state index in [-0.39, 0.29) is 0 Å². The summed E-state index contributed by atoms with van der Waals surface area (Å²) in [6, 6.07) is 8.83. The monoisotopic (exact) mass is 339 g/mol. The predicted octanol–water partition coefficient (Wildman–Crippen LogP) is 5.75. The topological polar surface area (TPSA) is 12.0 Å². The highest BCUT2D eigenvalue weighted by Crippen LogP contribution is 2.29. The van der Waals surface area contributed by atoms with Crippen molar-refractivity contribution in [2.45, 2.75) is 58.8 Å². The first-order chi connectivity index (χ1) is 9.71. The highest BCUT2D eigenvalue weighted by atomic mass is 79.9. The predicted molar refractivity (Wildman–Crippen MR) is 93.3 cm³/mol. The molecule has 0 spiro atoms. The smallest absolute Gasteiger partial charge is 0.0178 e. The highest BCUT2D eigenvalue weighted by Gasteiger charge is 2.17. The third kappa shape index (κ3) is 6.41. The van der Waals surface area contributed by atoms with E-state index in [1.165, 1.54) is 42.1 Å². The van der Waals surface area contributed by atoms with E-state index < -0.39 is 0 Å². The SMILES string of the molecule is CCCCC(CC)CC(CNCC)c1cccc(Br)c1. The van der Waals surface area contributed by atoms with Crippen LogP contribution in [0.2, 0.25) is 0 Å². The number of rotatable bonds is 10. The Labute approximate surface area is 133 Å². The van der Waals surface area contributed by atoms with Crippen molar-refractivity contribution in [1.82, 2.24) is 5.32 Å². The third-order valence-electron chi connectivity index (χ3n) is 4.12. The molecule has 0 aliphatic rings. The molecular weight excluding hydrogens is 310 g/mol.